The van der Waals surface area contributed by atoms with E-state index in [0.29, 0.717) is 6.42 Å². The fourth-order valence-electron chi connectivity index (χ4n) is 1.30. The van der Waals surface area contributed by atoms with Crippen LogP contribution in [0.1, 0.15) is 17.5 Å². The van der Waals surface area contributed by atoms with Gasteiger partial charge in [0.2, 0.25) is 0 Å². The molecule has 0 saturated carbocycles. The number of benzene rings is 1. The molecule has 0 spiro atoms. The molecule has 0 unspecified atom stereocenters. The smallest absolute Gasteiger partial charge is 0.306 e. The van der Waals surface area contributed by atoms with Gasteiger partial charge in [-0.05, 0) is 24.1 Å². The van der Waals surface area contributed by atoms with Gasteiger partial charge < -0.3 is 10.5 Å². The van der Waals surface area contributed by atoms with E-state index < -0.39 is 0 Å². The van der Waals surface area contributed by atoms with Crippen molar-refractivity contribution < 1.29 is 9.53 Å². The van der Waals surface area contributed by atoms with Crippen LogP contribution in [0.25, 0.3) is 0 Å². The number of thioether (sulfide) groups is 1. The van der Waals surface area contributed by atoms with Gasteiger partial charge >= 0.3 is 5.97 Å². The maximum absolute atomic E-state index is 10.9. The van der Waals surface area contributed by atoms with Crippen LogP contribution in [0.4, 0.5) is 5.69 Å². The predicted octanol–water partition coefficient (Wildman–Crippen LogP) is 2.37. The third-order valence-electron chi connectivity index (χ3n) is 2.42. The van der Waals surface area contributed by atoms with E-state index in [4.69, 9.17) is 5.73 Å². The normalized spacial score (nSPS) is 10.1. The molecule has 1 aromatic rings. The molecule has 1 aromatic carbocycles. The van der Waals surface area contributed by atoms with E-state index in [1.165, 1.54) is 12.7 Å². The average molecular weight is 239 g/mol. The van der Waals surface area contributed by atoms with Gasteiger partial charge in [-0.1, -0.05) is 12.1 Å². The number of nitrogen functional groups attached to an aromatic ring is 1. The summed E-state index contributed by atoms with van der Waals surface area (Å²) in [6, 6.07) is 5.92. The van der Waals surface area contributed by atoms with Crippen molar-refractivity contribution in [1.82, 2.24) is 0 Å². The molecule has 0 radical (unpaired) electrons. The maximum Gasteiger partial charge on any atom is 0.306 e. The molecular formula is C12H17NO2S. The average Bonchev–Trinajstić information content (AvgIpc) is 2.29. The number of esters is 1. The summed E-state index contributed by atoms with van der Waals surface area (Å²) in [5, 5.41) is 0. The summed E-state index contributed by atoms with van der Waals surface area (Å²) in [6.07, 6.45) is 0.461. The highest BCUT2D eigenvalue weighted by Gasteiger charge is 2.03. The second-order valence-corrected chi connectivity index (χ2v) is 4.62. The minimum Gasteiger partial charge on any atom is -0.469 e. The Labute approximate surface area is 100 Å². The molecule has 0 atom stereocenters. The number of hydrogen-bond donors (Lipinski definition) is 1. The first-order valence-corrected chi connectivity index (χ1v) is 6.29. The summed E-state index contributed by atoms with van der Waals surface area (Å²) in [4.78, 5) is 10.9. The zero-order valence-electron chi connectivity index (χ0n) is 9.66. The van der Waals surface area contributed by atoms with E-state index >= 15 is 0 Å². The summed E-state index contributed by atoms with van der Waals surface area (Å²) < 4.78 is 4.57. The van der Waals surface area contributed by atoms with Crippen LogP contribution < -0.4 is 5.73 Å². The first-order valence-electron chi connectivity index (χ1n) is 5.13. The van der Waals surface area contributed by atoms with Crippen LogP contribution >= 0.6 is 11.8 Å². The van der Waals surface area contributed by atoms with Gasteiger partial charge in [-0.25, -0.2) is 0 Å². The van der Waals surface area contributed by atoms with Gasteiger partial charge in [-0.15, -0.1) is 0 Å². The zero-order chi connectivity index (χ0) is 12.0. The summed E-state index contributed by atoms with van der Waals surface area (Å²) >= 11 is 1.72. The third-order valence-corrected chi connectivity index (χ3v) is 3.43. The van der Waals surface area contributed by atoms with E-state index in [0.717, 1.165) is 22.8 Å². The van der Waals surface area contributed by atoms with E-state index in [1.54, 1.807) is 11.8 Å². The standard InChI is InChI=1S/C12H17NO2S/c1-9-10(4-3-5-11(9)13)8-16-7-6-12(14)15-2/h3-5H,6-8,13H2,1-2H3. The lowest BCUT2D eigenvalue weighted by Gasteiger charge is -2.07. The summed E-state index contributed by atoms with van der Waals surface area (Å²) in [6.45, 7) is 2.02. The minimum atomic E-state index is -0.156. The van der Waals surface area contributed by atoms with Crippen LogP contribution in [-0.2, 0) is 15.3 Å². The number of nitrogens with two attached hydrogens (primary N) is 1. The fourth-order valence-corrected chi connectivity index (χ4v) is 2.29. The molecule has 0 aliphatic carbocycles. The van der Waals surface area contributed by atoms with Crippen molar-refractivity contribution in [2.75, 3.05) is 18.6 Å². The predicted molar refractivity (Wildman–Crippen MR) is 68.4 cm³/mol. The lowest BCUT2D eigenvalue weighted by atomic mass is 10.1. The summed E-state index contributed by atoms with van der Waals surface area (Å²) in [5.74, 6) is 1.51. The molecule has 4 heteroatoms. The van der Waals surface area contributed by atoms with Crippen LogP contribution in [0.2, 0.25) is 0 Å². The van der Waals surface area contributed by atoms with Crippen molar-refractivity contribution in [1.29, 1.82) is 0 Å². The van der Waals surface area contributed by atoms with Crippen molar-refractivity contribution in [3.8, 4) is 0 Å². The van der Waals surface area contributed by atoms with Crippen molar-refractivity contribution in [2.45, 2.75) is 19.1 Å². The number of methoxy groups -OCH3 is 1. The van der Waals surface area contributed by atoms with Crippen LogP contribution in [-0.4, -0.2) is 18.8 Å². The zero-order valence-corrected chi connectivity index (χ0v) is 10.5. The van der Waals surface area contributed by atoms with Gasteiger partial charge in [-0.2, -0.15) is 11.8 Å². The van der Waals surface area contributed by atoms with E-state index in [9.17, 15) is 4.79 Å². The van der Waals surface area contributed by atoms with Crippen molar-refractivity contribution in [3.05, 3.63) is 29.3 Å². The quantitative estimate of drug-likeness (QED) is 0.487. The lowest BCUT2D eigenvalue weighted by Crippen LogP contribution is -2.01. The van der Waals surface area contributed by atoms with E-state index in [2.05, 4.69) is 10.8 Å². The van der Waals surface area contributed by atoms with Gasteiger partial charge in [0.15, 0.2) is 0 Å². The Hall–Kier alpha value is -1.16. The number of ether oxygens (including phenoxy) is 1. The van der Waals surface area contributed by atoms with E-state index in [-0.39, 0.29) is 5.97 Å². The first kappa shape index (κ1) is 12.9. The van der Waals surface area contributed by atoms with Crippen molar-refractivity contribution in [2.24, 2.45) is 0 Å². The molecule has 1 rings (SSSR count). The molecule has 0 aliphatic rings. The lowest BCUT2D eigenvalue weighted by molar-refractivity contribution is -0.140. The van der Waals surface area contributed by atoms with Crippen LogP contribution in [0.3, 0.4) is 0 Å². The molecular weight excluding hydrogens is 222 g/mol. The SMILES string of the molecule is COC(=O)CCSCc1cccc(N)c1C. The van der Waals surface area contributed by atoms with Gasteiger partial charge in [0, 0.05) is 17.2 Å². The Morgan fingerprint density at radius 2 is 2.25 bits per heavy atom. The Balaban J connectivity index is 2.38. The van der Waals surface area contributed by atoms with Crippen LogP contribution in [0, 0.1) is 6.92 Å². The number of carbonyl (C=O) groups is 1. The van der Waals surface area contributed by atoms with Crippen molar-refractivity contribution in [3.63, 3.8) is 0 Å². The number of anilines is 1. The van der Waals surface area contributed by atoms with Gasteiger partial charge in [0.25, 0.3) is 0 Å². The molecule has 0 amide bonds. The van der Waals surface area contributed by atoms with Crippen LogP contribution in [0.15, 0.2) is 18.2 Å². The maximum atomic E-state index is 10.9. The summed E-state index contributed by atoms with van der Waals surface area (Å²) in [5.41, 5.74) is 9.00. The molecule has 0 aromatic heterocycles. The molecule has 0 heterocycles. The Morgan fingerprint density at radius 3 is 2.94 bits per heavy atom. The second kappa shape index (κ2) is 6.43. The van der Waals surface area contributed by atoms with Gasteiger partial charge in [0.05, 0.1) is 13.5 Å². The molecule has 0 saturated heterocycles. The molecule has 0 fully saturated rings. The minimum absolute atomic E-state index is 0.156. The van der Waals surface area contributed by atoms with E-state index in [1.807, 2.05) is 19.1 Å². The second-order valence-electron chi connectivity index (χ2n) is 3.51. The molecule has 88 valence electrons. The number of rotatable bonds is 5. The molecule has 0 bridgehead atoms. The molecule has 2 N–H and O–H groups in total. The number of carbonyl (C=O) groups excluding carboxylic acids is 1. The van der Waals surface area contributed by atoms with Gasteiger partial charge in [-0.3, -0.25) is 4.79 Å². The molecule has 16 heavy (non-hydrogen) atoms. The molecule has 3 nitrogen and oxygen atoms in total. The third kappa shape index (κ3) is 3.77. The monoisotopic (exact) mass is 239 g/mol. The Morgan fingerprint density at radius 1 is 1.50 bits per heavy atom. The Kier molecular flexibility index (Phi) is 5.19. The molecule has 0 aliphatic heterocycles. The largest absolute Gasteiger partial charge is 0.469 e. The number of hydrogen-bond acceptors (Lipinski definition) is 4. The van der Waals surface area contributed by atoms with Crippen molar-refractivity contribution >= 4 is 23.4 Å². The highest BCUT2D eigenvalue weighted by molar-refractivity contribution is 7.98. The fraction of sp³-hybridized carbons (Fsp3) is 0.417. The highest BCUT2D eigenvalue weighted by atomic mass is 32.2. The topological polar surface area (TPSA) is 52.3 Å². The highest BCUT2D eigenvalue weighted by Crippen LogP contribution is 2.20. The van der Waals surface area contributed by atoms with Crippen LogP contribution in [0.5, 0.6) is 0 Å². The first-order chi connectivity index (χ1) is 7.65. The Bertz CT molecular complexity index is 366. The van der Waals surface area contributed by atoms with Gasteiger partial charge in [0.1, 0.15) is 0 Å². The summed E-state index contributed by atoms with van der Waals surface area (Å²) in [7, 11) is 1.41.